The third-order valence-corrected chi connectivity index (χ3v) is 3.96. The van der Waals surface area contributed by atoms with Crippen molar-refractivity contribution < 1.29 is 9.53 Å². The van der Waals surface area contributed by atoms with Crippen LogP contribution in [0.1, 0.15) is 40.0 Å². The van der Waals surface area contributed by atoms with E-state index in [-0.39, 0.29) is 17.4 Å². The van der Waals surface area contributed by atoms with Crippen LogP contribution in [0.3, 0.4) is 0 Å². The lowest BCUT2D eigenvalue weighted by atomic mass is 9.83. The Balaban J connectivity index is 2.74. The van der Waals surface area contributed by atoms with Crippen LogP contribution in [-0.2, 0) is 9.53 Å². The molecule has 18 heavy (non-hydrogen) atoms. The summed E-state index contributed by atoms with van der Waals surface area (Å²) in [5, 5.41) is 0. The summed E-state index contributed by atoms with van der Waals surface area (Å²) in [4.78, 5) is 14.6. The number of carbonyl (C=O) groups is 1. The highest BCUT2D eigenvalue weighted by atomic mass is 16.5. The van der Waals surface area contributed by atoms with E-state index in [0.717, 1.165) is 25.8 Å². The van der Waals surface area contributed by atoms with Crippen LogP contribution in [-0.4, -0.2) is 43.7 Å². The number of amides is 1. The van der Waals surface area contributed by atoms with Gasteiger partial charge in [-0.15, -0.1) is 0 Å². The number of rotatable bonds is 6. The lowest BCUT2D eigenvalue weighted by Crippen LogP contribution is -2.51. The van der Waals surface area contributed by atoms with Crippen molar-refractivity contribution in [2.45, 2.75) is 46.1 Å². The average molecular weight is 256 g/mol. The number of ether oxygens (including phenoxy) is 1. The minimum absolute atomic E-state index is 0.00204. The highest BCUT2D eigenvalue weighted by molar-refractivity contribution is 5.83. The van der Waals surface area contributed by atoms with Gasteiger partial charge in [0.1, 0.15) is 0 Å². The van der Waals surface area contributed by atoms with Crippen LogP contribution in [0.5, 0.6) is 0 Å². The van der Waals surface area contributed by atoms with E-state index in [1.807, 2.05) is 11.8 Å². The summed E-state index contributed by atoms with van der Waals surface area (Å²) in [5.41, 5.74) is 5.76. The Hall–Kier alpha value is -0.610. The van der Waals surface area contributed by atoms with Crippen molar-refractivity contribution in [1.82, 2.24) is 4.90 Å². The van der Waals surface area contributed by atoms with Crippen molar-refractivity contribution >= 4 is 5.91 Å². The molecule has 2 N–H and O–H groups in total. The molecule has 0 spiro atoms. The summed E-state index contributed by atoms with van der Waals surface area (Å²) < 4.78 is 5.10. The zero-order valence-corrected chi connectivity index (χ0v) is 12.2. The molecule has 0 saturated heterocycles. The number of hydrogen-bond donors (Lipinski definition) is 1. The molecular formula is C14H28N2O2. The molecule has 1 fully saturated rings. The van der Waals surface area contributed by atoms with E-state index in [1.54, 1.807) is 7.11 Å². The van der Waals surface area contributed by atoms with Gasteiger partial charge in [0.05, 0.1) is 12.0 Å². The van der Waals surface area contributed by atoms with Gasteiger partial charge in [0.15, 0.2) is 0 Å². The van der Waals surface area contributed by atoms with E-state index in [4.69, 9.17) is 10.5 Å². The molecule has 1 saturated carbocycles. The quantitative estimate of drug-likeness (QED) is 0.786. The molecule has 1 amide bonds. The van der Waals surface area contributed by atoms with E-state index in [2.05, 4.69) is 13.8 Å². The topological polar surface area (TPSA) is 55.6 Å². The maximum Gasteiger partial charge on any atom is 0.230 e. The van der Waals surface area contributed by atoms with Gasteiger partial charge in [-0.2, -0.15) is 0 Å². The monoisotopic (exact) mass is 256 g/mol. The van der Waals surface area contributed by atoms with E-state index in [1.165, 1.54) is 0 Å². The molecule has 0 radical (unpaired) electrons. The molecule has 106 valence electrons. The molecule has 4 heteroatoms. The Labute approximate surface area is 111 Å². The zero-order valence-electron chi connectivity index (χ0n) is 12.2. The third-order valence-electron chi connectivity index (χ3n) is 3.96. The minimum Gasteiger partial charge on any atom is -0.383 e. The van der Waals surface area contributed by atoms with Crippen LogP contribution in [0, 0.1) is 11.3 Å². The van der Waals surface area contributed by atoms with Crippen LogP contribution in [0.4, 0.5) is 0 Å². The van der Waals surface area contributed by atoms with E-state index < -0.39 is 0 Å². The van der Waals surface area contributed by atoms with Gasteiger partial charge in [0.2, 0.25) is 5.91 Å². The largest absolute Gasteiger partial charge is 0.383 e. The zero-order chi connectivity index (χ0) is 13.8. The number of carbonyl (C=O) groups excluding carboxylic acids is 1. The van der Waals surface area contributed by atoms with E-state index in [0.29, 0.717) is 19.1 Å². The molecule has 0 heterocycles. The fourth-order valence-electron chi connectivity index (χ4n) is 2.74. The Bertz CT molecular complexity index is 281. The minimum atomic E-state index is -0.372. The first kappa shape index (κ1) is 15.4. The molecule has 1 aliphatic carbocycles. The lowest BCUT2D eigenvalue weighted by Gasteiger charge is -2.35. The Kier molecular flexibility index (Phi) is 5.60. The molecule has 0 aromatic rings. The van der Waals surface area contributed by atoms with Crippen LogP contribution in [0.2, 0.25) is 0 Å². The first-order valence-corrected chi connectivity index (χ1v) is 6.95. The van der Waals surface area contributed by atoms with Gasteiger partial charge in [-0.1, -0.05) is 20.3 Å². The van der Waals surface area contributed by atoms with Crippen LogP contribution in [0.25, 0.3) is 0 Å². The molecule has 0 bridgehead atoms. The van der Waals surface area contributed by atoms with Gasteiger partial charge in [0.25, 0.3) is 0 Å². The molecular weight excluding hydrogens is 228 g/mol. The fourth-order valence-corrected chi connectivity index (χ4v) is 2.74. The molecule has 0 aliphatic heterocycles. The average Bonchev–Trinajstić information content (AvgIpc) is 2.65. The van der Waals surface area contributed by atoms with Gasteiger partial charge in [-0.05, 0) is 25.7 Å². The standard InChI is InChI=1S/C14H28N2O2/c1-11(2)10-16(8-9-18-4)13(17)14(3)7-5-6-12(14)15/h11-12H,5-10,15H2,1-4H3. The van der Waals surface area contributed by atoms with E-state index >= 15 is 0 Å². The van der Waals surface area contributed by atoms with Crippen molar-refractivity contribution in [3.05, 3.63) is 0 Å². The smallest absolute Gasteiger partial charge is 0.230 e. The molecule has 2 unspecified atom stereocenters. The summed E-state index contributed by atoms with van der Waals surface area (Å²) in [5.74, 6) is 0.672. The molecule has 0 aromatic carbocycles. The summed E-state index contributed by atoms with van der Waals surface area (Å²) in [7, 11) is 1.67. The van der Waals surface area contributed by atoms with Gasteiger partial charge in [-0.3, -0.25) is 4.79 Å². The normalized spacial score (nSPS) is 27.8. The molecule has 2 atom stereocenters. The second-order valence-electron chi connectivity index (χ2n) is 6.05. The fraction of sp³-hybridized carbons (Fsp3) is 0.929. The predicted molar refractivity (Wildman–Crippen MR) is 73.2 cm³/mol. The number of nitrogens with two attached hydrogens (primary N) is 1. The summed E-state index contributed by atoms with van der Waals surface area (Å²) in [6.07, 6.45) is 2.93. The van der Waals surface area contributed by atoms with Crippen molar-refractivity contribution in [3.8, 4) is 0 Å². The Morgan fingerprint density at radius 2 is 2.22 bits per heavy atom. The van der Waals surface area contributed by atoms with Gasteiger partial charge in [0, 0.05) is 26.2 Å². The summed E-state index contributed by atoms with van der Waals surface area (Å²) >= 11 is 0. The Morgan fingerprint density at radius 1 is 1.56 bits per heavy atom. The SMILES string of the molecule is COCCN(CC(C)C)C(=O)C1(C)CCCC1N. The highest BCUT2D eigenvalue weighted by Crippen LogP contribution is 2.38. The summed E-state index contributed by atoms with van der Waals surface area (Å²) in [6, 6.07) is 0.00204. The molecule has 1 aliphatic rings. The van der Waals surface area contributed by atoms with Crippen LogP contribution in [0.15, 0.2) is 0 Å². The third kappa shape index (κ3) is 3.45. The Morgan fingerprint density at radius 3 is 2.67 bits per heavy atom. The molecule has 4 nitrogen and oxygen atoms in total. The van der Waals surface area contributed by atoms with Crippen LogP contribution >= 0.6 is 0 Å². The highest BCUT2D eigenvalue weighted by Gasteiger charge is 2.44. The maximum absolute atomic E-state index is 12.7. The lowest BCUT2D eigenvalue weighted by molar-refractivity contribution is -0.142. The number of nitrogens with zero attached hydrogens (tertiary/aromatic N) is 1. The summed E-state index contributed by atoms with van der Waals surface area (Å²) in [6.45, 7) is 8.31. The first-order valence-electron chi connectivity index (χ1n) is 6.95. The first-order chi connectivity index (χ1) is 8.41. The second-order valence-corrected chi connectivity index (χ2v) is 6.05. The van der Waals surface area contributed by atoms with Crippen LogP contribution < -0.4 is 5.73 Å². The molecule has 1 rings (SSSR count). The van der Waals surface area contributed by atoms with Gasteiger partial charge < -0.3 is 15.4 Å². The maximum atomic E-state index is 12.7. The van der Waals surface area contributed by atoms with Crippen molar-refractivity contribution in [2.75, 3.05) is 26.8 Å². The number of methoxy groups -OCH3 is 1. The predicted octanol–water partition coefficient (Wildman–Crippen LogP) is 1.63. The van der Waals surface area contributed by atoms with Crippen molar-refractivity contribution in [1.29, 1.82) is 0 Å². The van der Waals surface area contributed by atoms with Crippen molar-refractivity contribution in [3.63, 3.8) is 0 Å². The van der Waals surface area contributed by atoms with Crippen molar-refractivity contribution in [2.24, 2.45) is 17.1 Å². The second kappa shape index (κ2) is 6.53. The van der Waals surface area contributed by atoms with Gasteiger partial charge in [-0.25, -0.2) is 0 Å². The number of hydrogen-bond acceptors (Lipinski definition) is 3. The molecule has 0 aromatic heterocycles. The van der Waals surface area contributed by atoms with Gasteiger partial charge >= 0.3 is 0 Å². The van der Waals surface area contributed by atoms with E-state index in [9.17, 15) is 4.79 Å².